The third kappa shape index (κ3) is 1.67. The van der Waals surface area contributed by atoms with E-state index in [1.54, 1.807) is 4.42 Å². The first-order valence-electron chi connectivity index (χ1n) is 7.14. The molecule has 0 heterocycles. The molecule has 0 amide bonds. The Morgan fingerprint density at radius 1 is 1.25 bits per heavy atom. The van der Waals surface area contributed by atoms with Crippen molar-refractivity contribution in [3.05, 3.63) is 42.1 Å². The fourth-order valence-electron chi connectivity index (χ4n) is 3.84. The number of allylic oxidation sites excluding steroid dienone is 1. The molecule has 20 heavy (non-hydrogen) atoms. The summed E-state index contributed by atoms with van der Waals surface area (Å²) >= 11 is 6.33. The van der Waals surface area contributed by atoms with Crippen LogP contribution >= 0.6 is 11.8 Å². The summed E-state index contributed by atoms with van der Waals surface area (Å²) < 4.78 is 1.55. The lowest BCUT2D eigenvalue weighted by Gasteiger charge is -2.31. The molecule has 1 aromatic rings. The molecule has 0 aromatic heterocycles. The van der Waals surface area contributed by atoms with Crippen molar-refractivity contribution in [2.24, 2.45) is 16.7 Å². The maximum absolute atomic E-state index is 12.7. The van der Waals surface area contributed by atoms with Crippen molar-refractivity contribution in [1.82, 2.24) is 0 Å². The number of para-hydroxylation sites is 1. The number of hydrogen-bond acceptors (Lipinski definition) is 2. The van der Waals surface area contributed by atoms with Crippen molar-refractivity contribution in [2.45, 2.75) is 33.6 Å². The third-order valence-corrected chi connectivity index (χ3v) is 5.91. The standard InChI is InChI=1S/C17H20ClNO/c1-16(2)14-9-10-17(16,3)15(20)13(14)11-19(18)12-7-5-4-6-8-12/h4-8,11,14H,9-10H2,1-3H3/t14-,17-/m0/s1. The van der Waals surface area contributed by atoms with E-state index in [2.05, 4.69) is 20.8 Å². The van der Waals surface area contributed by atoms with Crippen molar-refractivity contribution in [1.29, 1.82) is 0 Å². The lowest BCUT2D eigenvalue weighted by atomic mass is 9.70. The van der Waals surface area contributed by atoms with Crippen LogP contribution in [0.15, 0.2) is 42.1 Å². The number of carbonyl (C=O) groups excluding carboxylic acids is 1. The Hall–Kier alpha value is -1.28. The molecule has 0 spiro atoms. The van der Waals surface area contributed by atoms with Gasteiger partial charge in [0.15, 0.2) is 5.78 Å². The predicted octanol–water partition coefficient (Wildman–Crippen LogP) is 4.56. The Kier molecular flexibility index (Phi) is 2.98. The highest BCUT2D eigenvalue weighted by atomic mass is 35.5. The van der Waals surface area contributed by atoms with Crippen molar-refractivity contribution in [3.8, 4) is 0 Å². The summed E-state index contributed by atoms with van der Waals surface area (Å²) in [7, 11) is 0. The number of benzene rings is 1. The van der Waals surface area contributed by atoms with Gasteiger partial charge in [0.1, 0.15) is 0 Å². The molecule has 0 N–H and O–H groups in total. The molecule has 0 unspecified atom stereocenters. The summed E-state index contributed by atoms with van der Waals surface area (Å²) in [6.07, 6.45) is 3.91. The molecule has 0 saturated heterocycles. The first-order valence-corrected chi connectivity index (χ1v) is 7.48. The number of fused-ring (bicyclic) bond motifs is 2. The highest BCUT2D eigenvalue weighted by Gasteiger charge is 2.64. The second-order valence-corrected chi connectivity index (χ2v) is 7.07. The van der Waals surface area contributed by atoms with Crippen LogP contribution in [0.3, 0.4) is 0 Å². The van der Waals surface area contributed by atoms with E-state index in [1.165, 1.54) is 0 Å². The van der Waals surface area contributed by atoms with Crippen LogP contribution in [0.4, 0.5) is 5.69 Å². The summed E-state index contributed by atoms with van der Waals surface area (Å²) in [4.78, 5) is 12.7. The summed E-state index contributed by atoms with van der Waals surface area (Å²) in [5, 5.41) is 0. The van der Waals surface area contributed by atoms with Gasteiger partial charge in [-0.2, -0.15) is 0 Å². The molecule has 2 aliphatic carbocycles. The van der Waals surface area contributed by atoms with Crippen molar-refractivity contribution >= 4 is 23.2 Å². The monoisotopic (exact) mass is 289 g/mol. The van der Waals surface area contributed by atoms with Gasteiger partial charge in [0.2, 0.25) is 0 Å². The van der Waals surface area contributed by atoms with E-state index < -0.39 is 0 Å². The Labute approximate surface area is 125 Å². The zero-order valence-corrected chi connectivity index (χ0v) is 12.9. The average molecular weight is 290 g/mol. The quantitative estimate of drug-likeness (QED) is 0.588. The Morgan fingerprint density at radius 2 is 1.90 bits per heavy atom. The summed E-state index contributed by atoms with van der Waals surface area (Å²) in [6, 6.07) is 9.71. The second-order valence-electron chi connectivity index (χ2n) is 6.71. The number of anilines is 1. The van der Waals surface area contributed by atoms with Crippen molar-refractivity contribution < 1.29 is 4.79 Å². The summed E-state index contributed by atoms with van der Waals surface area (Å²) in [6.45, 7) is 6.53. The number of Topliss-reactive ketones (excluding diaryl/α,β-unsaturated/α-hetero) is 1. The molecular weight excluding hydrogens is 270 g/mol. The van der Waals surface area contributed by atoms with Crippen LogP contribution < -0.4 is 4.42 Å². The molecular formula is C17H20ClNO. The maximum atomic E-state index is 12.7. The predicted molar refractivity (Wildman–Crippen MR) is 82.5 cm³/mol. The molecule has 1 aromatic carbocycles. The molecule has 2 atom stereocenters. The highest BCUT2D eigenvalue weighted by molar-refractivity contribution is 6.27. The highest BCUT2D eigenvalue weighted by Crippen LogP contribution is 2.65. The van der Waals surface area contributed by atoms with E-state index >= 15 is 0 Å². The Bertz CT molecular complexity index is 578. The fourth-order valence-corrected chi connectivity index (χ4v) is 4.06. The van der Waals surface area contributed by atoms with Crippen molar-refractivity contribution in [2.75, 3.05) is 4.42 Å². The number of ketones is 1. The largest absolute Gasteiger partial charge is 0.294 e. The molecule has 106 valence electrons. The zero-order chi connectivity index (χ0) is 14.5. The van der Waals surface area contributed by atoms with Crippen LogP contribution in [0.5, 0.6) is 0 Å². The smallest absolute Gasteiger partial charge is 0.167 e. The van der Waals surface area contributed by atoms with Gasteiger partial charge < -0.3 is 0 Å². The number of nitrogens with zero attached hydrogens (tertiary/aromatic N) is 1. The van der Waals surface area contributed by atoms with Gasteiger partial charge in [0.05, 0.1) is 5.69 Å². The lowest BCUT2D eigenvalue weighted by Crippen LogP contribution is -2.32. The van der Waals surface area contributed by atoms with Gasteiger partial charge in [-0.3, -0.25) is 9.21 Å². The second kappa shape index (κ2) is 4.36. The van der Waals surface area contributed by atoms with Crippen LogP contribution in [-0.4, -0.2) is 5.78 Å². The normalized spacial score (nSPS) is 32.9. The molecule has 2 saturated carbocycles. The van der Waals surface area contributed by atoms with Gasteiger partial charge in [-0.05, 0) is 36.3 Å². The fraction of sp³-hybridized carbons (Fsp3) is 0.471. The van der Waals surface area contributed by atoms with E-state index in [1.807, 2.05) is 36.5 Å². The van der Waals surface area contributed by atoms with Crippen LogP contribution in [0.1, 0.15) is 33.6 Å². The molecule has 2 bridgehead atoms. The Balaban J connectivity index is 1.96. The van der Waals surface area contributed by atoms with Gasteiger partial charge in [-0.25, -0.2) is 0 Å². The van der Waals surface area contributed by atoms with Gasteiger partial charge in [-0.1, -0.05) is 39.0 Å². The maximum Gasteiger partial charge on any atom is 0.167 e. The van der Waals surface area contributed by atoms with Crippen LogP contribution in [0.25, 0.3) is 0 Å². The van der Waals surface area contributed by atoms with Gasteiger partial charge >= 0.3 is 0 Å². The van der Waals surface area contributed by atoms with Crippen LogP contribution in [0, 0.1) is 16.7 Å². The minimum absolute atomic E-state index is 0.0321. The molecule has 2 fully saturated rings. The summed E-state index contributed by atoms with van der Waals surface area (Å²) in [5.41, 5.74) is 1.59. The minimum Gasteiger partial charge on any atom is -0.294 e. The first kappa shape index (κ1) is 13.7. The van der Waals surface area contributed by atoms with E-state index in [9.17, 15) is 4.79 Å². The van der Waals surface area contributed by atoms with E-state index in [0.29, 0.717) is 5.92 Å². The molecule has 0 radical (unpaired) electrons. The van der Waals surface area contributed by atoms with E-state index in [0.717, 1.165) is 24.1 Å². The molecule has 2 nitrogen and oxygen atoms in total. The van der Waals surface area contributed by atoms with Crippen LogP contribution in [-0.2, 0) is 4.79 Å². The third-order valence-electron chi connectivity index (χ3n) is 5.62. The number of carbonyl (C=O) groups is 1. The summed E-state index contributed by atoms with van der Waals surface area (Å²) in [5.74, 6) is 0.602. The van der Waals surface area contributed by atoms with Crippen molar-refractivity contribution in [3.63, 3.8) is 0 Å². The topological polar surface area (TPSA) is 20.3 Å². The molecule has 3 rings (SSSR count). The molecule has 3 heteroatoms. The minimum atomic E-state index is -0.224. The average Bonchev–Trinajstić information content (AvgIpc) is 2.74. The van der Waals surface area contributed by atoms with Gasteiger partial charge in [0.25, 0.3) is 0 Å². The first-order chi connectivity index (χ1) is 9.38. The molecule has 2 aliphatic rings. The van der Waals surface area contributed by atoms with E-state index in [-0.39, 0.29) is 16.6 Å². The van der Waals surface area contributed by atoms with Gasteiger partial charge in [0, 0.05) is 29.0 Å². The number of hydrogen-bond donors (Lipinski definition) is 0. The SMILES string of the molecule is CC1(C)[C@H]2CC[C@@]1(C)C(=O)C2=CN(Cl)c1ccccc1. The zero-order valence-electron chi connectivity index (χ0n) is 12.2. The van der Waals surface area contributed by atoms with E-state index in [4.69, 9.17) is 11.8 Å². The van der Waals surface area contributed by atoms with Crippen LogP contribution in [0.2, 0.25) is 0 Å². The number of rotatable bonds is 2. The number of halogens is 1. The van der Waals surface area contributed by atoms with Gasteiger partial charge in [-0.15, -0.1) is 0 Å². The Morgan fingerprint density at radius 3 is 2.45 bits per heavy atom. The molecule has 0 aliphatic heterocycles. The lowest BCUT2D eigenvalue weighted by molar-refractivity contribution is -0.125.